The average molecular weight is 526 g/mol. The number of benzene rings is 2. The third kappa shape index (κ3) is 8.68. The molecule has 0 aliphatic carbocycles. The number of carbonyl (C=O) groups excluding carboxylic acids is 3. The third-order valence-corrected chi connectivity index (χ3v) is 7.17. The van der Waals surface area contributed by atoms with Crippen molar-refractivity contribution in [2.24, 2.45) is 16.9 Å². The molecule has 2 rings (SSSR count). The van der Waals surface area contributed by atoms with Gasteiger partial charge in [-0.3, -0.25) is 9.28 Å². The van der Waals surface area contributed by atoms with E-state index >= 15 is 0 Å². The van der Waals surface area contributed by atoms with E-state index in [0.29, 0.717) is 42.7 Å². The lowest BCUT2D eigenvalue weighted by Crippen LogP contribution is -2.47. The van der Waals surface area contributed by atoms with E-state index in [1.165, 1.54) is 0 Å². The second-order valence-electron chi connectivity index (χ2n) is 10.9. The molecular weight excluding hydrogens is 482 g/mol. The molecule has 0 saturated heterocycles. The second kappa shape index (κ2) is 13.6. The fourth-order valence-electron chi connectivity index (χ4n) is 4.02. The summed E-state index contributed by atoms with van der Waals surface area (Å²) in [4.78, 5) is 38.5. The summed E-state index contributed by atoms with van der Waals surface area (Å²) in [6.45, 7) is 4.45. The number of rotatable bonds is 13. The number of amides is 2. The molecule has 2 atom stereocenters. The van der Waals surface area contributed by atoms with Crippen molar-refractivity contribution in [2.75, 3.05) is 48.5 Å². The van der Waals surface area contributed by atoms with Gasteiger partial charge in [-0.05, 0) is 42.5 Å². The SMILES string of the molecule is COc1cccc(/C=N/[N+](C)(C)C(=O)c2ccc(C(=O)CC(C)C(C)CCC(=O)[N+](C)(C)CCO)cc2)c1. The largest absolute Gasteiger partial charge is 0.497 e. The summed E-state index contributed by atoms with van der Waals surface area (Å²) in [5, 5.41) is 13.6. The zero-order valence-corrected chi connectivity index (χ0v) is 23.8. The van der Waals surface area contributed by atoms with Crippen LogP contribution in [0.25, 0.3) is 0 Å². The zero-order chi connectivity index (χ0) is 28.5. The number of methoxy groups -OCH3 is 1. The minimum absolute atomic E-state index is 0.0101. The van der Waals surface area contributed by atoms with Crippen molar-refractivity contribution < 1.29 is 33.3 Å². The maximum absolute atomic E-state index is 13.1. The Morgan fingerprint density at radius 3 is 2.21 bits per heavy atom. The quantitative estimate of drug-likeness (QED) is 0.183. The number of likely N-dealkylation sites (N-methyl/N-ethyl adjacent to an activating group) is 1. The number of Topliss-reactive ketones (excluding diaryl/α,β-unsaturated/α-hetero) is 1. The Bertz CT molecular complexity index is 1140. The molecule has 2 aromatic carbocycles. The smallest absolute Gasteiger partial charge is 0.371 e. The van der Waals surface area contributed by atoms with Crippen LogP contribution in [-0.4, -0.2) is 86.4 Å². The molecule has 8 heteroatoms. The van der Waals surface area contributed by atoms with E-state index in [-0.39, 0.29) is 45.1 Å². The summed E-state index contributed by atoms with van der Waals surface area (Å²) in [6.07, 6.45) is 3.11. The lowest BCUT2D eigenvalue weighted by atomic mass is 9.86. The van der Waals surface area contributed by atoms with Gasteiger partial charge in [0.15, 0.2) is 5.78 Å². The van der Waals surface area contributed by atoms with Crippen LogP contribution in [0.2, 0.25) is 0 Å². The second-order valence-corrected chi connectivity index (χ2v) is 10.9. The van der Waals surface area contributed by atoms with E-state index in [1.54, 1.807) is 65.8 Å². The first-order chi connectivity index (χ1) is 17.8. The Morgan fingerprint density at radius 1 is 0.974 bits per heavy atom. The van der Waals surface area contributed by atoms with Gasteiger partial charge in [0.25, 0.3) is 0 Å². The monoisotopic (exact) mass is 525 g/mol. The van der Waals surface area contributed by atoms with E-state index in [4.69, 9.17) is 9.84 Å². The number of quaternary nitrogens is 2. The number of nitrogens with zero attached hydrogens (tertiary/aromatic N) is 3. The highest BCUT2D eigenvalue weighted by atomic mass is 16.5. The van der Waals surface area contributed by atoms with Crippen LogP contribution < -0.4 is 4.74 Å². The van der Waals surface area contributed by atoms with Crippen LogP contribution in [0.5, 0.6) is 5.75 Å². The van der Waals surface area contributed by atoms with Crippen molar-refractivity contribution >= 4 is 23.8 Å². The maximum atomic E-state index is 13.1. The summed E-state index contributed by atoms with van der Waals surface area (Å²) >= 11 is 0. The van der Waals surface area contributed by atoms with E-state index in [9.17, 15) is 14.4 Å². The van der Waals surface area contributed by atoms with Crippen molar-refractivity contribution in [3.8, 4) is 5.75 Å². The fourth-order valence-corrected chi connectivity index (χ4v) is 4.02. The fraction of sp³-hybridized carbons (Fsp3) is 0.467. The number of aliphatic hydroxyl groups is 1. The summed E-state index contributed by atoms with van der Waals surface area (Å²) in [5.41, 5.74) is 1.85. The van der Waals surface area contributed by atoms with Gasteiger partial charge in [0.2, 0.25) is 0 Å². The molecule has 0 aliphatic rings. The number of aliphatic hydroxyl groups excluding tert-OH is 1. The van der Waals surface area contributed by atoms with E-state index in [0.717, 1.165) is 5.56 Å². The molecule has 0 saturated carbocycles. The maximum Gasteiger partial charge on any atom is 0.371 e. The summed E-state index contributed by atoms with van der Waals surface area (Å²) in [5.74, 6) is 0.904. The van der Waals surface area contributed by atoms with Crippen LogP contribution in [0.3, 0.4) is 0 Å². The van der Waals surface area contributed by atoms with Gasteiger partial charge in [-0.15, -0.1) is 4.59 Å². The predicted molar refractivity (Wildman–Crippen MR) is 149 cm³/mol. The first-order valence-corrected chi connectivity index (χ1v) is 13.0. The normalized spacial score (nSPS) is 13.8. The predicted octanol–water partition coefficient (Wildman–Crippen LogP) is 4.17. The average Bonchev–Trinajstić information content (AvgIpc) is 2.89. The molecule has 0 radical (unpaired) electrons. The molecule has 8 nitrogen and oxygen atoms in total. The molecule has 0 aliphatic heterocycles. The first-order valence-electron chi connectivity index (χ1n) is 13.0. The molecule has 0 fully saturated rings. The number of ketones is 1. The van der Waals surface area contributed by atoms with Crippen LogP contribution in [0.4, 0.5) is 0 Å². The molecule has 0 spiro atoms. The minimum Gasteiger partial charge on any atom is -0.497 e. The Kier molecular flexibility index (Phi) is 11.1. The molecule has 38 heavy (non-hydrogen) atoms. The summed E-state index contributed by atoms with van der Waals surface area (Å²) in [6, 6.07) is 14.1. The Balaban J connectivity index is 1.97. The number of hydrogen-bond donors (Lipinski definition) is 1. The van der Waals surface area contributed by atoms with Crippen LogP contribution in [0.1, 0.15) is 59.4 Å². The minimum atomic E-state index is -0.231. The van der Waals surface area contributed by atoms with E-state index in [2.05, 4.69) is 12.0 Å². The van der Waals surface area contributed by atoms with Crippen molar-refractivity contribution in [2.45, 2.75) is 33.1 Å². The molecule has 0 heterocycles. The highest BCUT2D eigenvalue weighted by Gasteiger charge is 2.29. The van der Waals surface area contributed by atoms with Crippen molar-refractivity contribution in [1.29, 1.82) is 0 Å². The van der Waals surface area contributed by atoms with Crippen molar-refractivity contribution in [3.63, 3.8) is 0 Å². The van der Waals surface area contributed by atoms with E-state index < -0.39 is 0 Å². The third-order valence-electron chi connectivity index (χ3n) is 7.17. The van der Waals surface area contributed by atoms with Crippen molar-refractivity contribution in [3.05, 3.63) is 65.2 Å². The lowest BCUT2D eigenvalue weighted by molar-refractivity contribution is -0.814. The van der Waals surface area contributed by atoms with Gasteiger partial charge in [0.05, 0.1) is 46.0 Å². The highest BCUT2D eigenvalue weighted by molar-refractivity contribution is 5.97. The molecule has 0 bridgehead atoms. The zero-order valence-electron chi connectivity index (χ0n) is 23.8. The van der Waals surface area contributed by atoms with E-state index in [1.807, 2.05) is 31.2 Å². The molecular formula is C30H43N3O5+2. The van der Waals surface area contributed by atoms with Gasteiger partial charge in [-0.1, -0.05) is 43.2 Å². The standard InChI is InChI=1S/C30H43N3O5/c1-22(11-16-29(36)32(3,4)17-18-34)23(2)19-28(35)25-12-14-26(15-13-25)30(37)33(5,6)31-21-24-9-8-10-27(20-24)38-7/h8-10,12-15,20-23,34H,11,16-19H2,1-7H3/q+2/b31-21+. The molecule has 0 aromatic heterocycles. The highest BCUT2D eigenvalue weighted by Crippen LogP contribution is 2.24. The van der Waals surface area contributed by atoms with Crippen LogP contribution in [-0.2, 0) is 4.79 Å². The van der Waals surface area contributed by atoms with Gasteiger partial charge in [0, 0.05) is 17.5 Å². The Morgan fingerprint density at radius 2 is 1.61 bits per heavy atom. The molecule has 2 unspecified atom stereocenters. The number of carbonyl (C=O) groups is 3. The van der Waals surface area contributed by atoms with Gasteiger partial charge < -0.3 is 9.84 Å². The molecule has 2 amide bonds. The number of hydrogen-bond acceptors (Lipinski definition) is 6. The van der Waals surface area contributed by atoms with Gasteiger partial charge in [-0.2, -0.15) is 0 Å². The Labute approximate surface area is 226 Å². The first kappa shape index (κ1) is 31.0. The van der Waals surface area contributed by atoms with Crippen LogP contribution >= 0.6 is 0 Å². The summed E-state index contributed by atoms with van der Waals surface area (Å²) < 4.78 is 5.16. The molecule has 2 aromatic rings. The molecule has 1 N–H and O–H groups in total. The van der Waals surface area contributed by atoms with Gasteiger partial charge in [0.1, 0.15) is 26.4 Å². The van der Waals surface area contributed by atoms with Gasteiger partial charge in [-0.25, -0.2) is 9.59 Å². The van der Waals surface area contributed by atoms with Gasteiger partial charge >= 0.3 is 11.8 Å². The topological polar surface area (TPSA) is 93.0 Å². The Hall–Kier alpha value is -3.20. The lowest BCUT2D eigenvalue weighted by Gasteiger charge is -2.27. The van der Waals surface area contributed by atoms with Crippen LogP contribution in [0, 0.1) is 11.8 Å². The summed E-state index contributed by atoms with van der Waals surface area (Å²) in [7, 11) is 8.61. The van der Waals surface area contributed by atoms with Crippen molar-refractivity contribution in [1.82, 2.24) is 0 Å². The van der Waals surface area contributed by atoms with Crippen LogP contribution in [0.15, 0.2) is 53.6 Å². The number of ether oxygens (including phenoxy) is 1. The molecule has 206 valence electrons.